The van der Waals surface area contributed by atoms with Crippen molar-refractivity contribution >= 4 is 34.8 Å². The Kier molecular flexibility index (Phi) is 5.18. The van der Waals surface area contributed by atoms with Crippen LogP contribution >= 0.6 is 23.2 Å². The molecule has 23 heavy (non-hydrogen) atoms. The zero-order chi connectivity index (χ0) is 16.2. The van der Waals surface area contributed by atoms with E-state index in [1.807, 2.05) is 12.1 Å². The van der Waals surface area contributed by atoms with E-state index in [2.05, 4.69) is 10.6 Å². The zero-order valence-electron chi connectivity index (χ0n) is 12.3. The summed E-state index contributed by atoms with van der Waals surface area (Å²) in [7, 11) is 0. The number of rotatable bonds is 3. The molecule has 6 heteroatoms. The Hall–Kier alpha value is -1.59. The number of nitrogens with one attached hydrogen (secondary N) is 2. The van der Waals surface area contributed by atoms with E-state index in [1.54, 1.807) is 30.3 Å². The van der Waals surface area contributed by atoms with Crippen LogP contribution in [-0.4, -0.2) is 25.6 Å². The van der Waals surface area contributed by atoms with Gasteiger partial charge in [0.2, 0.25) is 0 Å². The summed E-state index contributed by atoms with van der Waals surface area (Å²) in [6, 6.07) is 12.4. The van der Waals surface area contributed by atoms with Crippen LogP contribution < -0.4 is 10.6 Å². The molecule has 0 radical (unpaired) electrons. The fourth-order valence-electron chi connectivity index (χ4n) is 2.43. The maximum Gasteiger partial charge on any atom is 0.255 e. The van der Waals surface area contributed by atoms with Gasteiger partial charge in [-0.1, -0.05) is 41.4 Å². The van der Waals surface area contributed by atoms with Crippen molar-refractivity contribution < 1.29 is 9.53 Å². The Morgan fingerprint density at radius 1 is 1.13 bits per heavy atom. The van der Waals surface area contributed by atoms with Gasteiger partial charge >= 0.3 is 0 Å². The van der Waals surface area contributed by atoms with Crippen LogP contribution in [0.1, 0.15) is 22.0 Å². The van der Waals surface area contributed by atoms with Crippen LogP contribution in [0, 0.1) is 0 Å². The minimum absolute atomic E-state index is 0.0267. The highest BCUT2D eigenvalue weighted by molar-refractivity contribution is 6.40. The number of ether oxygens (including phenoxy) is 1. The number of amides is 1. The Labute approximate surface area is 144 Å². The van der Waals surface area contributed by atoms with Gasteiger partial charge in [0.25, 0.3) is 5.91 Å². The molecule has 0 unspecified atom stereocenters. The predicted octanol–water partition coefficient (Wildman–Crippen LogP) is 3.91. The quantitative estimate of drug-likeness (QED) is 0.882. The molecule has 0 bridgehead atoms. The number of carbonyl (C=O) groups is 1. The molecule has 0 aromatic heterocycles. The summed E-state index contributed by atoms with van der Waals surface area (Å²) in [5, 5.41) is 6.84. The molecule has 120 valence electrons. The average Bonchev–Trinajstić information content (AvgIpc) is 2.59. The molecule has 0 saturated carbocycles. The number of hydrogen-bond acceptors (Lipinski definition) is 3. The molecule has 1 fully saturated rings. The number of halogens is 2. The van der Waals surface area contributed by atoms with E-state index in [9.17, 15) is 4.79 Å². The van der Waals surface area contributed by atoms with Crippen LogP contribution in [-0.2, 0) is 4.74 Å². The Bertz CT molecular complexity index is 678. The number of para-hydroxylation sites is 1. The van der Waals surface area contributed by atoms with Crippen molar-refractivity contribution in [3.8, 4) is 0 Å². The Balaban J connectivity index is 1.72. The topological polar surface area (TPSA) is 50.4 Å². The molecular weight excluding hydrogens is 335 g/mol. The lowest BCUT2D eigenvalue weighted by atomic mass is 10.1. The molecule has 2 N–H and O–H groups in total. The van der Waals surface area contributed by atoms with Gasteiger partial charge in [-0.2, -0.15) is 0 Å². The van der Waals surface area contributed by atoms with Gasteiger partial charge in [0, 0.05) is 18.7 Å². The SMILES string of the molecule is O=C(Nc1c(Cl)cccc1Cl)c1ccc([C@@H]2CNCCO2)cc1. The molecule has 1 aliphatic heterocycles. The summed E-state index contributed by atoms with van der Waals surface area (Å²) in [6.07, 6.45) is 0.0267. The van der Waals surface area contributed by atoms with Gasteiger partial charge < -0.3 is 15.4 Å². The molecule has 0 spiro atoms. The van der Waals surface area contributed by atoms with Crippen LogP contribution in [0.5, 0.6) is 0 Å². The molecular formula is C17H16Cl2N2O2. The van der Waals surface area contributed by atoms with Crippen molar-refractivity contribution in [2.45, 2.75) is 6.10 Å². The Morgan fingerprint density at radius 3 is 2.43 bits per heavy atom. The van der Waals surface area contributed by atoms with Crippen molar-refractivity contribution in [3.05, 3.63) is 63.6 Å². The first kappa shape index (κ1) is 16.3. The van der Waals surface area contributed by atoms with Crippen molar-refractivity contribution in [2.75, 3.05) is 25.0 Å². The summed E-state index contributed by atoms with van der Waals surface area (Å²) in [6.45, 7) is 2.34. The van der Waals surface area contributed by atoms with E-state index >= 15 is 0 Å². The largest absolute Gasteiger partial charge is 0.371 e. The van der Waals surface area contributed by atoms with Crippen molar-refractivity contribution in [3.63, 3.8) is 0 Å². The minimum Gasteiger partial charge on any atom is -0.371 e. The van der Waals surface area contributed by atoms with Gasteiger partial charge in [0.15, 0.2) is 0 Å². The molecule has 4 nitrogen and oxygen atoms in total. The van der Waals surface area contributed by atoms with Crippen LogP contribution in [0.15, 0.2) is 42.5 Å². The number of carbonyl (C=O) groups excluding carboxylic acids is 1. The molecule has 2 aromatic carbocycles. The van der Waals surface area contributed by atoms with Gasteiger partial charge in [-0.3, -0.25) is 4.79 Å². The van der Waals surface area contributed by atoms with E-state index in [1.165, 1.54) is 0 Å². The summed E-state index contributed by atoms with van der Waals surface area (Å²) in [5.41, 5.74) is 2.00. The summed E-state index contributed by atoms with van der Waals surface area (Å²) in [5.74, 6) is -0.255. The molecule has 2 aromatic rings. The van der Waals surface area contributed by atoms with Crippen molar-refractivity contribution in [1.29, 1.82) is 0 Å². The second kappa shape index (κ2) is 7.32. The van der Waals surface area contributed by atoms with Gasteiger partial charge in [0.1, 0.15) is 0 Å². The van der Waals surface area contributed by atoms with Crippen LogP contribution in [0.2, 0.25) is 10.0 Å². The highest BCUT2D eigenvalue weighted by atomic mass is 35.5. The molecule has 1 aliphatic rings. The van der Waals surface area contributed by atoms with Crippen LogP contribution in [0.4, 0.5) is 5.69 Å². The number of benzene rings is 2. The predicted molar refractivity (Wildman–Crippen MR) is 92.4 cm³/mol. The summed E-state index contributed by atoms with van der Waals surface area (Å²) >= 11 is 12.1. The van der Waals surface area contributed by atoms with Crippen molar-refractivity contribution in [2.24, 2.45) is 0 Å². The maximum absolute atomic E-state index is 12.3. The van der Waals surface area contributed by atoms with E-state index in [0.29, 0.717) is 27.9 Å². The summed E-state index contributed by atoms with van der Waals surface area (Å²) in [4.78, 5) is 12.3. The van der Waals surface area contributed by atoms with Gasteiger partial charge in [-0.05, 0) is 29.8 Å². The maximum atomic E-state index is 12.3. The normalized spacial score (nSPS) is 17.7. The lowest BCUT2D eigenvalue weighted by molar-refractivity contribution is 0.0277. The highest BCUT2D eigenvalue weighted by Crippen LogP contribution is 2.30. The first-order chi connectivity index (χ1) is 11.1. The van der Waals surface area contributed by atoms with Gasteiger partial charge in [-0.15, -0.1) is 0 Å². The van der Waals surface area contributed by atoms with Gasteiger partial charge in [0.05, 0.1) is 28.4 Å². The second-order valence-corrected chi connectivity index (χ2v) is 6.05. The molecule has 3 rings (SSSR count). The highest BCUT2D eigenvalue weighted by Gasteiger charge is 2.16. The standard InChI is InChI=1S/C17H16Cl2N2O2/c18-13-2-1-3-14(19)16(13)21-17(22)12-6-4-11(5-7-12)15-10-20-8-9-23-15/h1-7,15,20H,8-10H2,(H,21,22)/t15-/m0/s1. The number of anilines is 1. The third-order valence-corrected chi connectivity index (χ3v) is 4.30. The fraction of sp³-hybridized carbons (Fsp3) is 0.235. The molecule has 1 atom stereocenters. The minimum atomic E-state index is -0.255. The fourth-order valence-corrected chi connectivity index (χ4v) is 2.92. The van der Waals surface area contributed by atoms with Crippen molar-refractivity contribution in [1.82, 2.24) is 5.32 Å². The van der Waals surface area contributed by atoms with Crippen LogP contribution in [0.3, 0.4) is 0 Å². The lowest BCUT2D eigenvalue weighted by Gasteiger charge is -2.24. The summed E-state index contributed by atoms with van der Waals surface area (Å²) < 4.78 is 5.69. The molecule has 0 aliphatic carbocycles. The monoisotopic (exact) mass is 350 g/mol. The zero-order valence-corrected chi connectivity index (χ0v) is 13.8. The molecule has 1 heterocycles. The second-order valence-electron chi connectivity index (χ2n) is 5.24. The number of hydrogen-bond donors (Lipinski definition) is 2. The van der Waals surface area contributed by atoms with Crippen LogP contribution in [0.25, 0.3) is 0 Å². The third-order valence-electron chi connectivity index (χ3n) is 3.67. The number of morpholine rings is 1. The van der Waals surface area contributed by atoms with E-state index in [4.69, 9.17) is 27.9 Å². The third kappa shape index (κ3) is 3.85. The lowest BCUT2D eigenvalue weighted by Crippen LogP contribution is -2.33. The van der Waals surface area contributed by atoms with E-state index in [-0.39, 0.29) is 12.0 Å². The first-order valence-corrected chi connectivity index (χ1v) is 8.08. The molecule has 1 saturated heterocycles. The smallest absolute Gasteiger partial charge is 0.255 e. The Morgan fingerprint density at radius 2 is 1.83 bits per heavy atom. The van der Waals surface area contributed by atoms with E-state index in [0.717, 1.165) is 18.7 Å². The average molecular weight is 351 g/mol. The van der Waals surface area contributed by atoms with E-state index < -0.39 is 0 Å². The first-order valence-electron chi connectivity index (χ1n) is 7.33. The van der Waals surface area contributed by atoms with Gasteiger partial charge in [-0.25, -0.2) is 0 Å². The molecule has 1 amide bonds.